The summed E-state index contributed by atoms with van der Waals surface area (Å²) in [6.45, 7) is 4.15. The van der Waals surface area contributed by atoms with Gasteiger partial charge in [0.25, 0.3) is 5.91 Å². The lowest BCUT2D eigenvalue weighted by atomic mass is 10.2. The van der Waals surface area contributed by atoms with Crippen molar-refractivity contribution in [2.24, 2.45) is 0 Å². The number of hydrogen-bond donors (Lipinski definition) is 2. The number of rotatable bonds is 4. The van der Waals surface area contributed by atoms with Gasteiger partial charge in [0.15, 0.2) is 5.76 Å². The Morgan fingerprint density at radius 1 is 1.11 bits per heavy atom. The minimum Gasteiger partial charge on any atom is -0.459 e. The molecule has 0 unspecified atom stereocenters. The van der Waals surface area contributed by atoms with Crippen LogP contribution in [0.3, 0.4) is 0 Å². The fraction of sp³-hybridized carbons (Fsp3) is 0.214. The largest absolute Gasteiger partial charge is 0.459 e. The lowest BCUT2D eigenvalue weighted by molar-refractivity contribution is 0.0996. The summed E-state index contributed by atoms with van der Waals surface area (Å²) < 4.78 is 5.02. The zero-order chi connectivity index (χ0) is 13.0. The summed E-state index contributed by atoms with van der Waals surface area (Å²) >= 11 is 0. The van der Waals surface area contributed by atoms with Crippen molar-refractivity contribution >= 4 is 17.3 Å². The lowest BCUT2D eigenvalue weighted by Crippen LogP contribution is -2.11. The van der Waals surface area contributed by atoms with E-state index in [4.69, 9.17) is 4.42 Å². The van der Waals surface area contributed by atoms with Crippen LogP contribution in [0.5, 0.6) is 0 Å². The van der Waals surface area contributed by atoms with Gasteiger partial charge < -0.3 is 15.1 Å². The van der Waals surface area contributed by atoms with Crippen molar-refractivity contribution in [3.05, 3.63) is 48.4 Å². The molecule has 18 heavy (non-hydrogen) atoms. The molecule has 0 aliphatic carbocycles. The van der Waals surface area contributed by atoms with Crippen LogP contribution in [0.4, 0.5) is 11.4 Å². The Balaban J connectivity index is 2.00. The van der Waals surface area contributed by atoms with Gasteiger partial charge in [-0.05, 0) is 50.2 Å². The second-order valence-electron chi connectivity index (χ2n) is 4.31. The van der Waals surface area contributed by atoms with Gasteiger partial charge in [0.1, 0.15) is 0 Å². The molecule has 0 saturated carbocycles. The Bertz CT molecular complexity index is 501. The predicted molar refractivity (Wildman–Crippen MR) is 71.9 cm³/mol. The van der Waals surface area contributed by atoms with Crippen molar-refractivity contribution < 1.29 is 9.21 Å². The molecule has 94 valence electrons. The first kappa shape index (κ1) is 12.2. The molecule has 0 atom stereocenters. The third-order valence-corrected chi connectivity index (χ3v) is 2.34. The first-order valence-corrected chi connectivity index (χ1v) is 5.86. The van der Waals surface area contributed by atoms with E-state index in [-0.39, 0.29) is 5.91 Å². The highest BCUT2D eigenvalue weighted by atomic mass is 16.3. The zero-order valence-corrected chi connectivity index (χ0v) is 10.4. The molecule has 0 fully saturated rings. The van der Waals surface area contributed by atoms with E-state index in [2.05, 4.69) is 24.5 Å². The maximum atomic E-state index is 11.7. The van der Waals surface area contributed by atoms with Crippen molar-refractivity contribution in [2.45, 2.75) is 19.9 Å². The Hall–Kier alpha value is -2.23. The molecule has 2 aromatic rings. The maximum Gasteiger partial charge on any atom is 0.291 e. The number of anilines is 2. The van der Waals surface area contributed by atoms with Gasteiger partial charge in [-0.25, -0.2) is 0 Å². The smallest absolute Gasteiger partial charge is 0.291 e. The van der Waals surface area contributed by atoms with Gasteiger partial charge in [-0.15, -0.1) is 0 Å². The van der Waals surface area contributed by atoms with Crippen LogP contribution in [0.1, 0.15) is 24.4 Å². The lowest BCUT2D eigenvalue weighted by Gasteiger charge is -2.10. The number of carbonyl (C=O) groups excluding carboxylic acids is 1. The number of nitrogens with one attached hydrogen (secondary N) is 2. The number of carbonyl (C=O) groups is 1. The molecule has 4 nitrogen and oxygen atoms in total. The molecule has 0 spiro atoms. The molecule has 2 N–H and O–H groups in total. The van der Waals surface area contributed by atoms with E-state index >= 15 is 0 Å². The van der Waals surface area contributed by atoms with Crippen LogP contribution in [0.15, 0.2) is 47.1 Å². The highest BCUT2D eigenvalue weighted by Crippen LogP contribution is 2.15. The van der Waals surface area contributed by atoms with Gasteiger partial charge >= 0.3 is 0 Å². The molecule has 0 saturated heterocycles. The Morgan fingerprint density at radius 2 is 1.78 bits per heavy atom. The summed E-state index contributed by atoms with van der Waals surface area (Å²) in [5, 5.41) is 6.05. The van der Waals surface area contributed by atoms with E-state index in [1.807, 2.05) is 24.3 Å². The SMILES string of the molecule is CC(C)Nc1ccc(NC(=O)c2ccco2)cc1. The van der Waals surface area contributed by atoms with Gasteiger partial charge in [0.2, 0.25) is 0 Å². The minimum atomic E-state index is -0.246. The third-order valence-electron chi connectivity index (χ3n) is 2.34. The van der Waals surface area contributed by atoms with E-state index in [0.717, 1.165) is 11.4 Å². The Kier molecular flexibility index (Phi) is 3.67. The first-order chi connectivity index (χ1) is 8.65. The predicted octanol–water partition coefficient (Wildman–Crippen LogP) is 3.35. The van der Waals surface area contributed by atoms with Crippen molar-refractivity contribution in [1.82, 2.24) is 0 Å². The van der Waals surface area contributed by atoms with Gasteiger partial charge in [0, 0.05) is 17.4 Å². The molecule has 0 aliphatic rings. The number of amides is 1. The van der Waals surface area contributed by atoms with Gasteiger partial charge in [-0.1, -0.05) is 0 Å². The van der Waals surface area contributed by atoms with Crippen LogP contribution in [0.2, 0.25) is 0 Å². The van der Waals surface area contributed by atoms with Crippen molar-refractivity contribution in [2.75, 3.05) is 10.6 Å². The molecule has 1 aromatic carbocycles. The van der Waals surface area contributed by atoms with Gasteiger partial charge in [-0.3, -0.25) is 4.79 Å². The molecule has 4 heteroatoms. The molecule has 0 aliphatic heterocycles. The molecule has 1 amide bonds. The monoisotopic (exact) mass is 244 g/mol. The van der Waals surface area contributed by atoms with Crippen LogP contribution in [0.25, 0.3) is 0 Å². The summed E-state index contributed by atoms with van der Waals surface area (Å²) in [7, 11) is 0. The van der Waals surface area contributed by atoms with Gasteiger partial charge in [-0.2, -0.15) is 0 Å². The highest BCUT2D eigenvalue weighted by molar-refractivity contribution is 6.02. The quantitative estimate of drug-likeness (QED) is 0.867. The molecule has 1 heterocycles. The number of furan rings is 1. The molecular formula is C14H16N2O2. The summed E-state index contributed by atoms with van der Waals surface area (Å²) in [6.07, 6.45) is 1.48. The van der Waals surface area contributed by atoms with Crippen LogP contribution in [0, 0.1) is 0 Å². The fourth-order valence-electron chi connectivity index (χ4n) is 1.58. The average Bonchev–Trinajstić information content (AvgIpc) is 2.84. The van der Waals surface area contributed by atoms with Gasteiger partial charge in [0.05, 0.1) is 6.26 Å². The summed E-state index contributed by atoms with van der Waals surface area (Å²) in [5.74, 6) is 0.0592. The second kappa shape index (κ2) is 5.40. The van der Waals surface area contributed by atoms with E-state index < -0.39 is 0 Å². The Labute approximate surface area is 106 Å². The summed E-state index contributed by atoms with van der Waals surface area (Å²) in [6, 6.07) is 11.3. The van der Waals surface area contributed by atoms with Crippen LogP contribution < -0.4 is 10.6 Å². The van der Waals surface area contributed by atoms with Crippen LogP contribution in [-0.4, -0.2) is 11.9 Å². The topological polar surface area (TPSA) is 54.3 Å². The van der Waals surface area contributed by atoms with Crippen molar-refractivity contribution in [1.29, 1.82) is 0 Å². The molecular weight excluding hydrogens is 228 g/mol. The minimum absolute atomic E-state index is 0.246. The van der Waals surface area contributed by atoms with Crippen molar-refractivity contribution in [3.63, 3.8) is 0 Å². The summed E-state index contributed by atoms with van der Waals surface area (Å²) in [5.41, 5.74) is 1.77. The molecule has 0 bridgehead atoms. The third kappa shape index (κ3) is 3.13. The number of benzene rings is 1. The summed E-state index contributed by atoms with van der Waals surface area (Å²) in [4.78, 5) is 11.7. The molecule has 2 rings (SSSR count). The fourth-order valence-corrected chi connectivity index (χ4v) is 1.58. The first-order valence-electron chi connectivity index (χ1n) is 5.86. The average molecular weight is 244 g/mol. The molecule has 0 radical (unpaired) electrons. The van der Waals surface area contributed by atoms with Crippen LogP contribution in [-0.2, 0) is 0 Å². The second-order valence-corrected chi connectivity index (χ2v) is 4.31. The van der Waals surface area contributed by atoms with Crippen molar-refractivity contribution in [3.8, 4) is 0 Å². The standard InChI is InChI=1S/C14H16N2O2/c1-10(2)15-11-5-7-12(8-6-11)16-14(17)13-4-3-9-18-13/h3-10,15H,1-2H3,(H,16,17). The van der Waals surface area contributed by atoms with Crippen LogP contribution >= 0.6 is 0 Å². The number of hydrogen-bond acceptors (Lipinski definition) is 3. The van der Waals surface area contributed by atoms with E-state index in [0.29, 0.717) is 11.8 Å². The maximum absolute atomic E-state index is 11.7. The zero-order valence-electron chi connectivity index (χ0n) is 10.4. The normalized spacial score (nSPS) is 10.4. The molecule has 1 aromatic heterocycles. The van der Waals surface area contributed by atoms with E-state index in [9.17, 15) is 4.79 Å². The Morgan fingerprint density at radius 3 is 2.33 bits per heavy atom. The van der Waals surface area contributed by atoms with E-state index in [1.54, 1.807) is 12.1 Å². The van der Waals surface area contributed by atoms with E-state index in [1.165, 1.54) is 6.26 Å². The highest BCUT2D eigenvalue weighted by Gasteiger charge is 2.08.